The summed E-state index contributed by atoms with van der Waals surface area (Å²) in [5, 5.41) is 2.81. The van der Waals surface area contributed by atoms with E-state index in [-0.39, 0.29) is 22.0 Å². The van der Waals surface area contributed by atoms with E-state index < -0.39 is 15.9 Å². The van der Waals surface area contributed by atoms with Crippen molar-refractivity contribution >= 4 is 33.2 Å². The molecule has 0 radical (unpaired) electrons. The molecule has 0 saturated heterocycles. The van der Waals surface area contributed by atoms with Crippen LogP contribution >= 0.6 is 11.6 Å². The van der Waals surface area contributed by atoms with E-state index in [1.807, 2.05) is 32.0 Å². The summed E-state index contributed by atoms with van der Waals surface area (Å²) >= 11 is 6.15. The number of nitrogens with one attached hydrogen (secondary N) is 2. The molecule has 0 spiro atoms. The molecule has 0 bridgehead atoms. The van der Waals surface area contributed by atoms with Crippen molar-refractivity contribution in [3.63, 3.8) is 0 Å². The topological polar surface area (TPSA) is 84.5 Å². The Morgan fingerprint density at radius 3 is 2.23 bits per heavy atom. The molecule has 0 fully saturated rings. The summed E-state index contributed by atoms with van der Waals surface area (Å²) in [6.45, 7) is 4.05. The normalized spacial score (nSPS) is 11.1. The van der Waals surface area contributed by atoms with Gasteiger partial charge in [-0.15, -0.1) is 0 Å². The largest absolute Gasteiger partial charge is 0.497 e. The minimum absolute atomic E-state index is 0.0311. The van der Waals surface area contributed by atoms with Gasteiger partial charge in [-0.05, 0) is 73.0 Å². The number of aryl methyl sites for hydroxylation is 2. The minimum Gasteiger partial charge on any atom is -0.497 e. The zero-order chi connectivity index (χ0) is 22.6. The number of ether oxygens (including phenoxy) is 1. The summed E-state index contributed by atoms with van der Waals surface area (Å²) in [5.74, 6) is 0.314. The number of hydrogen-bond acceptors (Lipinski definition) is 4. The van der Waals surface area contributed by atoms with E-state index in [4.69, 9.17) is 16.3 Å². The van der Waals surface area contributed by atoms with Crippen LogP contribution in [0, 0.1) is 13.8 Å². The molecular formula is C23H23ClN2O4S. The SMILES string of the molecule is COc1ccc(CNC(=O)c2ccc(Cl)c(S(=O)(=O)Nc3cc(C)cc(C)c3)c2)cc1. The van der Waals surface area contributed by atoms with Crippen molar-refractivity contribution in [1.29, 1.82) is 0 Å². The quantitative estimate of drug-likeness (QED) is 0.537. The second-order valence-corrected chi connectivity index (χ2v) is 9.22. The van der Waals surface area contributed by atoms with Gasteiger partial charge in [-0.1, -0.05) is 29.8 Å². The number of carbonyl (C=O) groups is 1. The number of benzene rings is 3. The lowest BCUT2D eigenvalue weighted by Gasteiger charge is -2.12. The maximum Gasteiger partial charge on any atom is 0.263 e. The van der Waals surface area contributed by atoms with Gasteiger partial charge in [-0.3, -0.25) is 9.52 Å². The van der Waals surface area contributed by atoms with Gasteiger partial charge in [0.1, 0.15) is 10.6 Å². The zero-order valence-electron chi connectivity index (χ0n) is 17.4. The maximum atomic E-state index is 12.9. The Balaban J connectivity index is 1.78. The van der Waals surface area contributed by atoms with E-state index in [1.54, 1.807) is 31.4 Å². The van der Waals surface area contributed by atoms with Crippen LogP contribution in [0.4, 0.5) is 5.69 Å². The van der Waals surface area contributed by atoms with Crippen LogP contribution in [0.25, 0.3) is 0 Å². The minimum atomic E-state index is -3.98. The first kappa shape index (κ1) is 22.7. The van der Waals surface area contributed by atoms with Gasteiger partial charge in [0.2, 0.25) is 0 Å². The smallest absolute Gasteiger partial charge is 0.263 e. The molecule has 0 atom stereocenters. The lowest BCUT2D eigenvalue weighted by molar-refractivity contribution is 0.0950. The molecular weight excluding hydrogens is 436 g/mol. The first-order chi connectivity index (χ1) is 14.7. The van der Waals surface area contributed by atoms with E-state index in [2.05, 4.69) is 10.0 Å². The zero-order valence-corrected chi connectivity index (χ0v) is 19.0. The van der Waals surface area contributed by atoms with Crippen molar-refractivity contribution < 1.29 is 17.9 Å². The van der Waals surface area contributed by atoms with Gasteiger partial charge < -0.3 is 10.1 Å². The lowest BCUT2D eigenvalue weighted by atomic mass is 10.1. The molecule has 8 heteroatoms. The van der Waals surface area contributed by atoms with Crippen molar-refractivity contribution in [2.24, 2.45) is 0 Å². The Morgan fingerprint density at radius 2 is 1.61 bits per heavy atom. The van der Waals surface area contributed by atoms with Crippen LogP contribution in [0.2, 0.25) is 5.02 Å². The molecule has 0 aliphatic carbocycles. The summed E-state index contributed by atoms with van der Waals surface area (Å²) in [6, 6.07) is 16.8. The van der Waals surface area contributed by atoms with Gasteiger partial charge in [-0.25, -0.2) is 8.42 Å². The van der Waals surface area contributed by atoms with Crippen LogP contribution in [0.5, 0.6) is 5.75 Å². The summed E-state index contributed by atoms with van der Waals surface area (Å²) in [7, 11) is -2.40. The van der Waals surface area contributed by atoms with E-state index in [0.29, 0.717) is 5.69 Å². The van der Waals surface area contributed by atoms with Gasteiger partial charge in [0.05, 0.1) is 12.1 Å². The third-order valence-corrected chi connectivity index (χ3v) is 6.43. The average molecular weight is 459 g/mol. The highest BCUT2D eigenvalue weighted by Gasteiger charge is 2.20. The fraction of sp³-hybridized carbons (Fsp3) is 0.174. The fourth-order valence-corrected chi connectivity index (χ4v) is 4.69. The monoisotopic (exact) mass is 458 g/mol. The van der Waals surface area contributed by atoms with E-state index >= 15 is 0 Å². The van der Waals surface area contributed by atoms with Gasteiger partial charge in [0, 0.05) is 17.8 Å². The fourth-order valence-electron chi connectivity index (χ4n) is 3.12. The molecule has 6 nitrogen and oxygen atoms in total. The van der Waals surface area contributed by atoms with Gasteiger partial charge in [0.25, 0.3) is 15.9 Å². The third kappa shape index (κ3) is 5.77. The molecule has 1 amide bonds. The Hall–Kier alpha value is -3.03. The number of hydrogen-bond donors (Lipinski definition) is 2. The Labute approximate surface area is 187 Å². The number of methoxy groups -OCH3 is 1. The predicted molar refractivity (Wildman–Crippen MR) is 122 cm³/mol. The summed E-state index contributed by atoms with van der Waals surface area (Å²) < 4.78 is 33.5. The van der Waals surface area contributed by atoms with Crippen LogP contribution in [-0.4, -0.2) is 21.4 Å². The first-order valence-corrected chi connectivity index (χ1v) is 11.4. The molecule has 31 heavy (non-hydrogen) atoms. The molecule has 162 valence electrons. The number of rotatable bonds is 7. The van der Waals surface area contributed by atoms with Crippen molar-refractivity contribution in [2.45, 2.75) is 25.3 Å². The van der Waals surface area contributed by atoms with Crippen molar-refractivity contribution in [3.05, 3.63) is 87.9 Å². The Morgan fingerprint density at radius 1 is 0.968 bits per heavy atom. The number of carbonyl (C=O) groups excluding carboxylic acids is 1. The molecule has 0 unspecified atom stereocenters. The van der Waals surface area contributed by atoms with Gasteiger partial charge in [-0.2, -0.15) is 0 Å². The average Bonchev–Trinajstić information content (AvgIpc) is 2.71. The number of sulfonamides is 1. The first-order valence-electron chi connectivity index (χ1n) is 9.50. The lowest BCUT2D eigenvalue weighted by Crippen LogP contribution is -2.23. The van der Waals surface area contributed by atoms with Crippen LogP contribution in [0.1, 0.15) is 27.0 Å². The van der Waals surface area contributed by atoms with Gasteiger partial charge in [0.15, 0.2) is 0 Å². The summed E-state index contributed by atoms with van der Waals surface area (Å²) in [4.78, 5) is 12.4. The third-order valence-electron chi connectivity index (χ3n) is 4.57. The van der Waals surface area contributed by atoms with Crippen LogP contribution in [0.15, 0.2) is 65.6 Å². The molecule has 2 N–H and O–H groups in total. The predicted octanol–water partition coefficient (Wildman–Crippen LogP) is 4.70. The van der Waals surface area contributed by atoms with Crippen molar-refractivity contribution in [1.82, 2.24) is 5.32 Å². The summed E-state index contributed by atoms with van der Waals surface area (Å²) in [6.07, 6.45) is 0. The Kier molecular flexibility index (Phi) is 6.87. The van der Waals surface area contributed by atoms with Crippen LogP contribution in [-0.2, 0) is 16.6 Å². The molecule has 0 aromatic heterocycles. The Bertz CT molecular complexity index is 1190. The molecule has 0 heterocycles. The number of halogens is 1. The molecule has 3 rings (SSSR count). The highest BCUT2D eigenvalue weighted by Crippen LogP contribution is 2.26. The maximum absolute atomic E-state index is 12.9. The second kappa shape index (κ2) is 9.41. The van der Waals surface area contributed by atoms with Crippen molar-refractivity contribution in [2.75, 3.05) is 11.8 Å². The molecule has 0 aliphatic rings. The van der Waals surface area contributed by atoms with Crippen LogP contribution < -0.4 is 14.8 Å². The molecule has 3 aromatic rings. The van der Waals surface area contributed by atoms with Gasteiger partial charge >= 0.3 is 0 Å². The van der Waals surface area contributed by atoms with Crippen LogP contribution in [0.3, 0.4) is 0 Å². The van der Waals surface area contributed by atoms with E-state index in [0.717, 1.165) is 22.4 Å². The number of amides is 1. The standard InChI is InChI=1S/C23H23ClN2O4S/c1-15-10-16(2)12-19(11-15)26-31(28,29)22-13-18(6-9-21(22)24)23(27)25-14-17-4-7-20(30-3)8-5-17/h4-13,26H,14H2,1-3H3,(H,25,27). The molecule has 0 saturated carbocycles. The molecule has 3 aromatic carbocycles. The summed E-state index contributed by atoms with van der Waals surface area (Å²) in [5.41, 5.74) is 3.36. The van der Waals surface area contributed by atoms with Crippen molar-refractivity contribution in [3.8, 4) is 5.75 Å². The van der Waals surface area contributed by atoms with E-state index in [9.17, 15) is 13.2 Å². The van der Waals surface area contributed by atoms with E-state index in [1.165, 1.54) is 18.2 Å². The second-order valence-electron chi connectivity index (χ2n) is 7.16. The number of anilines is 1. The highest BCUT2D eigenvalue weighted by atomic mass is 35.5. The molecule has 0 aliphatic heterocycles. The highest BCUT2D eigenvalue weighted by molar-refractivity contribution is 7.92.